The Bertz CT molecular complexity index is 677. The molecule has 0 aromatic heterocycles. The molecular formula is C13H12N6O3. The van der Waals surface area contributed by atoms with E-state index in [9.17, 15) is 9.59 Å². The van der Waals surface area contributed by atoms with E-state index < -0.39 is 11.9 Å². The van der Waals surface area contributed by atoms with E-state index in [1.165, 1.54) is 0 Å². The van der Waals surface area contributed by atoms with Gasteiger partial charge in [0.15, 0.2) is 5.57 Å². The molecule has 9 nitrogen and oxygen atoms in total. The Morgan fingerprint density at radius 1 is 1.41 bits per heavy atom. The van der Waals surface area contributed by atoms with Crippen molar-refractivity contribution in [2.24, 2.45) is 10.3 Å². The maximum atomic E-state index is 12.1. The first-order valence-electron chi connectivity index (χ1n) is 6.31. The van der Waals surface area contributed by atoms with Gasteiger partial charge < -0.3 is 4.74 Å². The second kappa shape index (κ2) is 6.85. The lowest BCUT2D eigenvalue weighted by Gasteiger charge is -2.18. The van der Waals surface area contributed by atoms with E-state index in [4.69, 9.17) is 10.00 Å². The average molecular weight is 300 g/mol. The third-order valence-corrected chi connectivity index (χ3v) is 2.57. The number of nitrogens with zero attached hydrogens (tertiary/aromatic N) is 4. The van der Waals surface area contributed by atoms with Gasteiger partial charge in [0.25, 0.3) is 5.91 Å². The topological polar surface area (TPSA) is 119 Å². The Balaban J connectivity index is 2.20. The van der Waals surface area contributed by atoms with Gasteiger partial charge in [0.2, 0.25) is 5.82 Å². The van der Waals surface area contributed by atoms with Crippen LogP contribution in [0.15, 0.2) is 52.1 Å². The first-order valence-corrected chi connectivity index (χ1v) is 6.31. The highest BCUT2D eigenvalue weighted by molar-refractivity contribution is 5.95. The highest BCUT2D eigenvalue weighted by Crippen LogP contribution is 2.15. The molecule has 22 heavy (non-hydrogen) atoms. The summed E-state index contributed by atoms with van der Waals surface area (Å²) in [4.78, 5) is 23.7. The molecule has 9 heteroatoms. The number of nitrogens with one attached hydrogen (secondary N) is 2. The molecule has 0 saturated carbocycles. The van der Waals surface area contributed by atoms with Gasteiger partial charge in [0, 0.05) is 5.56 Å². The predicted octanol–water partition coefficient (Wildman–Crippen LogP) is 0.817. The summed E-state index contributed by atoms with van der Waals surface area (Å²) < 4.78 is 4.76. The van der Waals surface area contributed by atoms with Crippen molar-refractivity contribution in [2.75, 3.05) is 6.61 Å². The molecule has 0 saturated heterocycles. The maximum Gasteiger partial charge on any atom is 0.352 e. The van der Waals surface area contributed by atoms with Crippen molar-refractivity contribution in [2.45, 2.75) is 6.92 Å². The fraction of sp³-hybridized carbons (Fsp3) is 0.154. The van der Waals surface area contributed by atoms with Gasteiger partial charge in [-0.2, -0.15) is 15.9 Å². The first kappa shape index (κ1) is 15.0. The highest BCUT2D eigenvalue weighted by atomic mass is 16.5. The van der Waals surface area contributed by atoms with Crippen molar-refractivity contribution < 1.29 is 14.3 Å². The zero-order valence-electron chi connectivity index (χ0n) is 11.6. The quantitative estimate of drug-likeness (QED) is 0.482. The molecule has 0 bridgehead atoms. The van der Waals surface area contributed by atoms with Gasteiger partial charge in [-0.3, -0.25) is 4.79 Å². The van der Waals surface area contributed by atoms with Crippen molar-refractivity contribution in [3.05, 3.63) is 47.3 Å². The molecule has 112 valence electrons. The molecule has 0 unspecified atom stereocenters. The van der Waals surface area contributed by atoms with Crippen LogP contribution in [0.2, 0.25) is 0 Å². The first-order chi connectivity index (χ1) is 10.7. The normalized spacial score (nSPS) is 14.8. The van der Waals surface area contributed by atoms with Crippen molar-refractivity contribution in [1.29, 1.82) is 5.26 Å². The van der Waals surface area contributed by atoms with Crippen LogP contribution in [-0.2, 0) is 9.53 Å². The number of ether oxygens (including phenoxy) is 1. The zero-order chi connectivity index (χ0) is 15.9. The van der Waals surface area contributed by atoms with Gasteiger partial charge in [-0.05, 0) is 24.3 Å². The summed E-state index contributed by atoms with van der Waals surface area (Å²) in [6.45, 7) is 1.72. The standard InChI is InChI=1S/C13H12N6O3/c1-2-22-13(21)10(8-14)11-15-17-18-19(11)16-12(20)9-6-4-3-5-7-9/h3-7H,2H2,1H3,(H,15,18)(H,16,20)/b11-10+. The smallest absolute Gasteiger partial charge is 0.352 e. The lowest BCUT2D eigenvalue weighted by atomic mass is 10.2. The van der Waals surface area contributed by atoms with Crippen LogP contribution in [0.4, 0.5) is 0 Å². The molecule has 0 spiro atoms. The number of esters is 1. The zero-order valence-corrected chi connectivity index (χ0v) is 11.6. The van der Waals surface area contributed by atoms with Gasteiger partial charge in [0.05, 0.1) is 6.61 Å². The van der Waals surface area contributed by atoms with Crippen molar-refractivity contribution >= 4 is 11.9 Å². The van der Waals surface area contributed by atoms with E-state index >= 15 is 0 Å². The molecule has 0 radical (unpaired) electrons. The van der Waals surface area contributed by atoms with E-state index in [0.717, 1.165) is 5.12 Å². The number of carbonyl (C=O) groups is 2. The minimum Gasteiger partial charge on any atom is -0.462 e. The SMILES string of the molecule is CCOC(=O)/C(C#N)=C1\N=NNN1NC(=O)c1ccccc1. The lowest BCUT2D eigenvalue weighted by Crippen LogP contribution is -2.45. The van der Waals surface area contributed by atoms with E-state index in [2.05, 4.69) is 21.3 Å². The Hall–Kier alpha value is -3.41. The van der Waals surface area contributed by atoms with E-state index in [1.807, 2.05) is 0 Å². The number of nitriles is 1. The monoisotopic (exact) mass is 300 g/mol. The van der Waals surface area contributed by atoms with Crippen LogP contribution in [0.1, 0.15) is 17.3 Å². The summed E-state index contributed by atoms with van der Waals surface area (Å²) in [6, 6.07) is 10.1. The molecule has 1 heterocycles. The van der Waals surface area contributed by atoms with Gasteiger partial charge in [0.1, 0.15) is 6.07 Å². The van der Waals surface area contributed by atoms with Crippen LogP contribution in [0.3, 0.4) is 0 Å². The molecule has 1 aromatic rings. The summed E-state index contributed by atoms with van der Waals surface area (Å²) in [6.07, 6.45) is 0. The number of hydrogen-bond donors (Lipinski definition) is 2. The van der Waals surface area contributed by atoms with Crippen molar-refractivity contribution in [1.82, 2.24) is 16.1 Å². The fourth-order valence-electron chi connectivity index (χ4n) is 1.59. The maximum absolute atomic E-state index is 12.1. The second-order valence-electron chi connectivity index (χ2n) is 3.97. The minimum absolute atomic E-state index is 0.109. The van der Waals surface area contributed by atoms with E-state index in [1.54, 1.807) is 43.3 Å². The van der Waals surface area contributed by atoms with Crippen molar-refractivity contribution in [3.8, 4) is 6.07 Å². The van der Waals surface area contributed by atoms with Gasteiger partial charge >= 0.3 is 5.97 Å². The number of benzene rings is 1. The summed E-state index contributed by atoms with van der Waals surface area (Å²) in [5.41, 5.74) is 4.82. The van der Waals surface area contributed by atoms with Gasteiger partial charge in [-0.15, -0.1) is 5.11 Å². The third-order valence-electron chi connectivity index (χ3n) is 2.57. The Kier molecular flexibility index (Phi) is 4.66. The van der Waals surface area contributed by atoms with E-state index in [0.29, 0.717) is 5.56 Å². The molecule has 1 aromatic carbocycles. The van der Waals surface area contributed by atoms with Crippen molar-refractivity contribution in [3.63, 3.8) is 0 Å². The predicted molar refractivity (Wildman–Crippen MR) is 73.0 cm³/mol. The van der Waals surface area contributed by atoms with Crippen LogP contribution in [-0.4, -0.2) is 23.6 Å². The van der Waals surface area contributed by atoms with Crippen LogP contribution < -0.4 is 11.0 Å². The minimum atomic E-state index is -0.846. The average Bonchev–Trinajstić information content (AvgIpc) is 2.97. The van der Waals surface area contributed by atoms with Crippen LogP contribution in [0, 0.1) is 11.3 Å². The molecule has 0 fully saturated rings. The largest absolute Gasteiger partial charge is 0.462 e. The Morgan fingerprint density at radius 3 is 2.77 bits per heavy atom. The van der Waals surface area contributed by atoms with Crippen LogP contribution in [0.5, 0.6) is 0 Å². The highest BCUT2D eigenvalue weighted by Gasteiger charge is 2.27. The molecule has 2 N–H and O–H groups in total. The van der Waals surface area contributed by atoms with Crippen LogP contribution >= 0.6 is 0 Å². The summed E-state index contributed by atoms with van der Waals surface area (Å²) >= 11 is 0. The fourth-order valence-corrected chi connectivity index (χ4v) is 1.59. The number of rotatable bonds is 4. The Morgan fingerprint density at radius 2 is 2.14 bits per heavy atom. The summed E-state index contributed by atoms with van der Waals surface area (Å²) in [5, 5.41) is 17.1. The molecule has 1 aliphatic heterocycles. The Labute approximate surface area is 125 Å². The lowest BCUT2D eigenvalue weighted by molar-refractivity contribution is -0.138. The summed E-state index contributed by atoms with van der Waals surface area (Å²) in [7, 11) is 0. The molecule has 1 amide bonds. The third kappa shape index (κ3) is 3.18. The number of amides is 1. The molecule has 2 rings (SSSR count). The molecule has 0 aliphatic carbocycles. The van der Waals surface area contributed by atoms with Gasteiger partial charge in [-0.1, -0.05) is 18.2 Å². The van der Waals surface area contributed by atoms with Gasteiger partial charge in [-0.25, -0.2) is 10.2 Å². The number of hydrogen-bond acceptors (Lipinski definition) is 8. The van der Waals surface area contributed by atoms with E-state index in [-0.39, 0.29) is 18.0 Å². The number of hydrazine groups is 2. The molecular weight excluding hydrogens is 288 g/mol. The number of carbonyl (C=O) groups excluding carboxylic acids is 2. The van der Waals surface area contributed by atoms with Crippen LogP contribution in [0.25, 0.3) is 0 Å². The second-order valence-corrected chi connectivity index (χ2v) is 3.97. The molecule has 0 atom stereocenters. The molecule has 1 aliphatic rings. The summed E-state index contributed by atoms with van der Waals surface area (Å²) in [5.74, 6) is -1.45.